The molecular formula is C24H19ClFN3O2. The normalized spacial score (nSPS) is 14.3. The fourth-order valence-electron chi connectivity index (χ4n) is 3.19. The second-order valence-corrected chi connectivity index (χ2v) is 8.09. The van der Waals surface area contributed by atoms with E-state index in [0.717, 1.165) is 5.56 Å². The molecule has 1 aliphatic heterocycles. The fraction of sp³-hybridized carbons (Fsp3) is 0.208. The Morgan fingerprint density at radius 1 is 1.35 bits per heavy atom. The molecule has 0 spiro atoms. The second kappa shape index (κ2) is 8.46. The minimum atomic E-state index is -0.461. The van der Waals surface area contributed by atoms with Crippen LogP contribution in [0.15, 0.2) is 49.3 Å². The van der Waals surface area contributed by atoms with E-state index in [9.17, 15) is 9.18 Å². The third-order valence-electron chi connectivity index (χ3n) is 4.97. The maximum absolute atomic E-state index is 14.2. The number of nitrogens with zero attached hydrogens (tertiary/aromatic N) is 2. The molecule has 7 heteroatoms. The molecule has 2 heterocycles. The van der Waals surface area contributed by atoms with Crippen LogP contribution < -0.4 is 5.32 Å². The molecule has 31 heavy (non-hydrogen) atoms. The van der Waals surface area contributed by atoms with Crippen LogP contribution in [-0.4, -0.2) is 29.0 Å². The maximum Gasteiger partial charge on any atom is 0.159 e. The average Bonchev–Trinajstić information content (AvgIpc) is 2.73. The zero-order valence-corrected chi connectivity index (χ0v) is 17.6. The first-order chi connectivity index (χ1) is 14.9. The van der Waals surface area contributed by atoms with Crippen LogP contribution in [0.3, 0.4) is 0 Å². The molecule has 0 radical (unpaired) electrons. The lowest BCUT2D eigenvalue weighted by Gasteiger charge is -2.32. The number of ether oxygens (including phenoxy) is 1. The number of carbonyl (C=O) groups excluding carboxylic acids is 1. The third-order valence-corrected chi connectivity index (χ3v) is 5.21. The average molecular weight is 436 g/mol. The lowest BCUT2D eigenvalue weighted by molar-refractivity contribution is -0.114. The number of halogens is 2. The summed E-state index contributed by atoms with van der Waals surface area (Å²) in [5.41, 5.74) is 2.04. The summed E-state index contributed by atoms with van der Waals surface area (Å²) in [7, 11) is 0. The van der Waals surface area contributed by atoms with Crippen LogP contribution in [0.5, 0.6) is 0 Å². The fourth-order valence-corrected chi connectivity index (χ4v) is 3.36. The molecule has 0 unspecified atom stereocenters. The first-order valence-electron chi connectivity index (χ1n) is 9.63. The predicted molar refractivity (Wildman–Crippen MR) is 119 cm³/mol. The van der Waals surface area contributed by atoms with E-state index in [2.05, 4.69) is 33.7 Å². The Balaban J connectivity index is 1.81. The van der Waals surface area contributed by atoms with Gasteiger partial charge in [0.05, 0.1) is 29.8 Å². The van der Waals surface area contributed by atoms with Gasteiger partial charge in [-0.25, -0.2) is 14.4 Å². The lowest BCUT2D eigenvalue weighted by atomic mass is 9.89. The van der Waals surface area contributed by atoms with Gasteiger partial charge in [-0.15, -0.1) is 0 Å². The van der Waals surface area contributed by atoms with E-state index < -0.39 is 5.82 Å². The number of nitrogens with one attached hydrogen (secondary N) is 1. The molecule has 1 aromatic heterocycles. The van der Waals surface area contributed by atoms with Gasteiger partial charge in [0.1, 0.15) is 18.0 Å². The number of ketones is 1. The summed E-state index contributed by atoms with van der Waals surface area (Å²) in [5, 5.41) is 4.01. The molecule has 1 aliphatic rings. The van der Waals surface area contributed by atoms with Crippen molar-refractivity contribution in [1.29, 1.82) is 0 Å². The van der Waals surface area contributed by atoms with Crippen molar-refractivity contribution in [3.8, 4) is 11.8 Å². The Morgan fingerprint density at radius 2 is 2.16 bits per heavy atom. The molecule has 1 fully saturated rings. The summed E-state index contributed by atoms with van der Waals surface area (Å²) in [6.07, 6.45) is 2.81. The minimum absolute atomic E-state index is 0.132. The van der Waals surface area contributed by atoms with Crippen molar-refractivity contribution >= 4 is 39.8 Å². The minimum Gasteiger partial charge on any atom is -0.378 e. The van der Waals surface area contributed by atoms with Gasteiger partial charge in [-0.3, -0.25) is 4.79 Å². The van der Waals surface area contributed by atoms with Crippen LogP contribution in [0.1, 0.15) is 18.1 Å². The van der Waals surface area contributed by atoms with E-state index in [1.54, 1.807) is 0 Å². The van der Waals surface area contributed by atoms with Crippen molar-refractivity contribution in [3.05, 3.63) is 71.3 Å². The van der Waals surface area contributed by atoms with Gasteiger partial charge in [-0.2, -0.15) is 0 Å². The summed E-state index contributed by atoms with van der Waals surface area (Å²) in [6.45, 7) is 6.74. The molecule has 0 amide bonds. The molecule has 0 saturated carbocycles. The molecule has 0 bridgehead atoms. The standard InChI is InChI=1S/C24H19ClFN3O2/c1-3-18(30)8-16-9-19-21(10-15(16)6-7-24(2)12-31-13-24)27-14-28-23(19)29-22-11-17(25)4-5-20(22)26/h3-5,9-11,14H,1,8,12-13H2,2H3,(H,27,28,29). The van der Waals surface area contributed by atoms with E-state index in [0.29, 0.717) is 40.5 Å². The van der Waals surface area contributed by atoms with Gasteiger partial charge in [0.25, 0.3) is 0 Å². The van der Waals surface area contributed by atoms with Crippen molar-refractivity contribution in [2.24, 2.45) is 5.41 Å². The monoisotopic (exact) mass is 435 g/mol. The largest absolute Gasteiger partial charge is 0.378 e. The number of benzene rings is 2. The van der Waals surface area contributed by atoms with Crippen molar-refractivity contribution in [2.45, 2.75) is 13.3 Å². The Kier molecular flexibility index (Phi) is 5.73. The summed E-state index contributed by atoms with van der Waals surface area (Å²) >= 11 is 6.00. The molecule has 0 atom stereocenters. The maximum atomic E-state index is 14.2. The molecule has 1 N–H and O–H groups in total. The van der Waals surface area contributed by atoms with Crippen LogP contribution in [0.25, 0.3) is 10.9 Å². The highest BCUT2D eigenvalue weighted by atomic mass is 35.5. The van der Waals surface area contributed by atoms with Crippen LogP contribution in [-0.2, 0) is 16.0 Å². The molecule has 2 aromatic carbocycles. The lowest BCUT2D eigenvalue weighted by Crippen LogP contribution is -2.38. The van der Waals surface area contributed by atoms with Crippen molar-refractivity contribution in [2.75, 3.05) is 18.5 Å². The Hall–Kier alpha value is -3.27. The second-order valence-electron chi connectivity index (χ2n) is 7.65. The third kappa shape index (κ3) is 4.58. The smallest absolute Gasteiger partial charge is 0.159 e. The van der Waals surface area contributed by atoms with Gasteiger partial charge in [0.15, 0.2) is 5.78 Å². The van der Waals surface area contributed by atoms with Gasteiger partial charge in [0, 0.05) is 22.4 Å². The highest BCUT2D eigenvalue weighted by molar-refractivity contribution is 6.30. The van der Waals surface area contributed by atoms with E-state index in [1.807, 2.05) is 19.1 Å². The van der Waals surface area contributed by atoms with Gasteiger partial charge in [0.2, 0.25) is 0 Å². The molecule has 0 aliphatic carbocycles. The van der Waals surface area contributed by atoms with Crippen LogP contribution in [0, 0.1) is 23.1 Å². The Morgan fingerprint density at radius 3 is 2.87 bits per heavy atom. The van der Waals surface area contributed by atoms with Crippen LogP contribution in [0.4, 0.5) is 15.9 Å². The summed E-state index contributed by atoms with van der Waals surface area (Å²) < 4.78 is 19.5. The molecule has 5 nitrogen and oxygen atoms in total. The van der Waals surface area contributed by atoms with Crippen LogP contribution >= 0.6 is 11.6 Å². The van der Waals surface area contributed by atoms with E-state index in [-0.39, 0.29) is 23.3 Å². The highest BCUT2D eigenvalue weighted by Gasteiger charge is 2.31. The zero-order valence-electron chi connectivity index (χ0n) is 16.8. The van der Waals surface area contributed by atoms with Gasteiger partial charge < -0.3 is 10.1 Å². The first-order valence-corrected chi connectivity index (χ1v) is 10.0. The van der Waals surface area contributed by atoms with Crippen molar-refractivity contribution in [3.63, 3.8) is 0 Å². The first kappa shape index (κ1) is 21.0. The molecule has 4 rings (SSSR count). The summed E-state index contributed by atoms with van der Waals surface area (Å²) in [4.78, 5) is 20.7. The van der Waals surface area contributed by atoms with E-state index in [1.165, 1.54) is 30.6 Å². The quantitative estimate of drug-likeness (QED) is 0.458. The number of rotatable bonds is 5. The number of carbonyl (C=O) groups is 1. The van der Waals surface area contributed by atoms with Gasteiger partial charge >= 0.3 is 0 Å². The molecule has 156 valence electrons. The molecule has 1 saturated heterocycles. The highest BCUT2D eigenvalue weighted by Crippen LogP contribution is 2.30. The van der Waals surface area contributed by atoms with E-state index in [4.69, 9.17) is 16.3 Å². The zero-order chi connectivity index (χ0) is 22.0. The number of anilines is 2. The predicted octanol–water partition coefficient (Wildman–Crippen LogP) is 4.85. The Labute approximate surface area is 184 Å². The molecular weight excluding hydrogens is 417 g/mol. The number of allylic oxidation sites excluding steroid dienone is 1. The Bertz CT molecular complexity index is 1260. The van der Waals surface area contributed by atoms with Crippen molar-refractivity contribution < 1.29 is 13.9 Å². The topological polar surface area (TPSA) is 64.1 Å². The number of fused-ring (bicyclic) bond motifs is 1. The number of hydrogen-bond acceptors (Lipinski definition) is 5. The van der Waals surface area contributed by atoms with E-state index >= 15 is 0 Å². The summed E-state index contributed by atoms with van der Waals surface area (Å²) in [5.74, 6) is 6.24. The summed E-state index contributed by atoms with van der Waals surface area (Å²) in [6, 6.07) is 7.86. The van der Waals surface area contributed by atoms with Gasteiger partial charge in [-0.05, 0) is 48.9 Å². The van der Waals surface area contributed by atoms with Crippen LogP contribution in [0.2, 0.25) is 5.02 Å². The SMILES string of the molecule is C=CC(=O)Cc1cc2c(Nc3cc(Cl)ccc3F)ncnc2cc1C#CC1(C)COC1. The van der Waals surface area contributed by atoms with Crippen molar-refractivity contribution in [1.82, 2.24) is 9.97 Å². The number of hydrogen-bond donors (Lipinski definition) is 1. The van der Waals surface area contributed by atoms with Gasteiger partial charge in [-0.1, -0.05) is 30.0 Å². The molecule has 3 aromatic rings. The number of aromatic nitrogens is 2.